The van der Waals surface area contributed by atoms with Crippen LogP contribution in [0.3, 0.4) is 0 Å². The molecule has 1 N–H and O–H groups in total. The molecule has 154 valence electrons. The number of nitrogens with zero attached hydrogens (tertiary/aromatic N) is 4. The molecule has 0 atom stereocenters. The number of amides is 2. The zero-order valence-electron chi connectivity index (χ0n) is 16.9. The van der Waals surface area contributed by atoms with Crippen LogP contribution in [-0.2, 0) is 0 Å². The Hall–Kier alpha value is -4.05. The first kappa shape index (κ1) is 20.2. The number of pyridine rings is 2. The van der Waals surface area contributed by atoms with E-state index in [0.29, 0.717) is 48.3 Å². The topological polar surface area (TPSA) is 99.0 Å². The smallest absolute Gasteiger partial charge is 0.253 e. The molecule has 1 saturated heterocycles. The summed E-state index contributed by atoms with van der Waals surface area (Å²) in [4.78, 5) is 35.2. The molecule has 1 fully saturated rings. The van der Waals surface area contributed by atoms with Gasteiger partial charge >= 0.3 is 0 Å². The van der Waals surface area contributed by atoms with Crippen molar-refractivity contribution in [3.63, 3.8) is 0 Å². The van der Waals surface area contributed by atoms with Crippen LogP contribution < -0.4 is 5.32 Å². The molecule has 1 aliphatic rings. The highest BCUT2D eigenvalue weighted by molar-refractivity contribution is 5.95. The molecule has 2 amide bonds. The molecule has 0 spiro atoms. The Labute approximate surface area is 180 Å². The van der Waals surface area contributed by atoms with E-state index < -0.39 is 0 Å². The molecule has 3 heterocycles. The highest BCUT2D eigenvalue weighted by Gasteiger charge is 2.25. The van der Waals surface area contributed by atoms with Crippen molar-refractivity contribution in [2.45, 2.75) is 18.9 Å². The molecule has 0 saturated carbocycles. The number of rotatable bonds is 4. The van der Waals surface area contributed by atoms with Crippen molar-refractivity contribution in [2.24, 2.45) is 0 Å². The van der Waals surface area contributed by atoms with Crippen LogP contribution in [0, 0.1) is 11.3 Å². The summed E-state index contributed by atoms with van der Waals surface area (Å²) >= 11 is 0. The van der Waals surface area contributed by atoms with Gasteiger partial charge in [-0.3, -0.25) is 19.6 Å². The lowest BCUT2D eigenvalue weighted by molar-refractivity contribution is 0.0698. The SMILES string of the molecule is N#Cc1cccnc1-c1ccc(C(=O)N2CCC(NC(=O)c3ccncc3)CC2)cc1. The molecule has 31 heavy (non-hydrogen) atoms. The summed E-state index contributed by atoms with van der Waals surface area (Å²) in [6.07, 6.45) is 6.25. The maximum Gasteiger partial charge on any atom is 0.253 e. The largest absolute Gasteiger partial charge is 0.349 e. The van der Waals surface area contributed by atoms with E-state index in [-0.39, 0.29) is 17.9 Å². The molecule has 3 aromatic rings. The number of benzene rings is 1. The lowest BCUT2D eigenvalue weighted by atomic mass is 10.0. The third kappa shape index (κ3) is 4.59. The van der Waals surface area contributed by atoms with Gasteiger partial charge in [0.15, 0.2) is 0 Å². The summed E-state index contributed by atoms with van der Waals surface area (Å²) in [5.41, 5.74) is 3.08. The molecule has 1 aliphatic heterocycles. The number of hydrogen-bond donors (Lipinski definition) is 1. The predicted octanol–water partition coefficient (Wildman–Crippen LogP) is 3.05. The summed E-state index contributed by atoms with van der Waals surface area (Å²) in [5, 5.41) is 12.3. The van der Waals surface area contributed by atoms with E-state index in [1.807, 2.05) is 17.0 Å². The molecule has 4 rings (SSSR count). The number of carbonyl (C=O) groups excluding carboxylic acids is 2. The van der Waals surface area contributed by atoms with Crippen molar-refractivity contribution >= 4 is 11.8 Å². The van der Waals surface area contributed by atoms with Crippen molar-refractivity contribution < 1.29 is 9.59 Å². The highest BCUT2D eigenvalue weighted by atomic mass is 16.2. The third-order valence-corrected chi connectivity index (χ3v) is 5.39. The van der Waals surface area contributed by atoms with Gasteiger partial charge in [-0.2, -0.15) is 5.26 Å². The standard InChI is InChI=1S/C24H21N5O2/c25-16-20-2-1-11-27-22(20)17-3-5-19(6-4-17)24(31)29-14-9-21(10-15-29)28-23(30)18-7-12-26-13-8-18/h1-8,11-13,21H,9-10,14-15H2,(H,28,30). The molecule has 1 aromatic carbocycles. The fraction of sp³-hybridized carbons (Fsp3) is 0.208. The van der Waals surface area contributed by atoms with Crippen LogP contribution in [0.1, 0.15) is 39.1 Å². The van der Waals surface area contributed by atoms with Gasteiger partial charge < -0.3 is 10.2 Å². The van der Waals surface area contributed by atoms with Crippen molar-refractivity contribution in [1.82, 2.24) is 20.2 Å². The summed E-state index contributed by atoms with van der Waals surface area (Å²) in [5.74, 6) is -0.152. The minimum Gasteiger partial charge on any atom is -0.349 e. The van der Waals surface area contributed by atoms with Gasteiger partial charge in [-0.15, -0.1) is 0 Å². The first-order valence-corrected chi connectivity index (χ1v) is 10.1. The van der Waals surface area contributed by atoms with Crippen LogP contribution in [-0.4, -0.2) is 45.8 Å². The number of nitriles is 1. The van der Waals surface area contributed by atoms with E-state index in [1.54, 1.807) is 55.0 Å². The number of aromatic nitrogens is 2. The van der Waals surface area contributed by atoms with E-state index in [2.05, 4.69) is 21.4 Å². The van der Waals surface area contributed by atoms with Crippen LogP contribution >= 0.6 is 0 Å². The number of nitrogens with one attached hydrogen (secondary N) is 1. The van der Waals surface area contributed by atoms with Crippen LogP contribution in [0.15, 0.2) is 67.1 Å². The second kappa shape index (κ2) is 9.18. The Morgan fingerprint density at radius 3 is 2.35 bits per heavy atom. The zero-order chi connectivity index (χ0) is 21.6. The summed E-state index contributed by atoms with van der Waals surface area (Å²) in [7, 11) is 0. The molecule has 7 heteroatoms. The van der Waals surface area contributed by atoms with Crippen molar-refractivity contribution in [3.05, 3.63) is 83.8 Å². The number of piperidine rings is 1. The normalized spacial score (nSPS) is 14.0. The minimum atomic E-state index is -0.117. The summed E-state index contributed by atoms with van der Waals surface area (Å²) in [6, 6.07) is 16.2. The Kier molecular flexibility index (Phi) is 5.99. The molecular formula is C24H21N5O2. The monoisotopic (exact) mass is 411 g/mol. The Morgan fingerprint density at radius 1 is 0.968 bits per heavy atom. The third-order valence-electron chi connectivity index (χ3n) is 5.39. The second-order valence-electron chi connectivity index (χ2n) is 7.36. The van der Waals surface area contributed by atoms with Crippen LogP contribution in [0.5, 0.6) is 0 Å². The maximum atomic E-state index is 12.9. The average molecular weight is 411 g/mol. The van der Waals surface area contributed by atoms with Gasteiger partial charge in [0.25, 0.3) is 11.8 Å². The number of carbonyl (C=O) groups is 2. The fourth-order valence-corrected chi connectivity index (χ4v) is 3.68. The van der Waals surface area contributed by atoms with Gasteiger partial charge in [0.1, 0.15) is 6.07 Å². The molecule has 2 aromatic heterocycles. The zero-order valence-corrected chi connectivity index (χ0v) is 16.9. The Bertz CT molecular complexity index is 1110. The van der Waals surface area contributed by atoms with Crippen LogP contribution in [0.25, 0.3) is 11.3 Å². The van der Waals surface area contributed by atoms with E-state index in [9.17, 15) is 14.9 Å². The highest BCUT2D eigenvalue weighted by Crippen LogP contribution is 2.22. The quantitative estimate of drug-likeness (QED) is 0.711. The lowest BCUT2D eigenvalue weighted by Crippen LogP contribution is -2.46. The van der Waals surface area contributed by atoms with Crippen molar-refractivity contribution in [3.8, 4) is 17.3 Å². The Morgan fingerprint density at radius 2 is 1.68 bits per heavy atom. The van der Waals surface area contributed by atoms with E-state index in [1.165, 1.54) is 0 Å². The predicted molar refractivity (Wildman–Crippen MR) is 115 cm³/mol. The summed E-state index contributed by atoms with van der Waals surface area (Å²) < 4.78 is 0. The van der Waals surface area contributed by atoms with Crippen molar-refractivity contribution in [1.29, 1.82) is 5.26 Å². The van der Waals surface area contributed by atoms with Gasteiger partial charge in [0, 0.05) is 54.4 Å². The second-order valence-corrected chi connectivity index (χ2v) is 7.36. The van der Waals surface area contributed by atoms with Gasteiger partial charge in [-0.1, -0.05) is 12.1 Å². The molecule has 0 radical (unpaired) electrons. The fourth-order valence-electron chi connectivity index (χ4n) is 3.68. The first-order chi connectivity index (χ1) is 15.2. The van der Waals surface area contributed by atoms with Crippen LogP contribution in [0.4, 0.5) is 0 Å². The van der Waals surface area contributed by atoms with Gasteiger partial charge in [0.05, 0.1) is 11.3 Å². The van der Waals surface area contributed by atoms with Gasteiger partial charge in [-0.25, -0.2) is 0 Å². The average Bonchev–Trinajstić information content (AvgIpc) is 2.84. The van der Waals surface area contributed by atoms with E-state index >= 15 is 0 Å². The first-order valence-electron chi connectivity index (χ1n) is 10.1. The lowest BCUT2D eigenvalue weighted by Gasteiger charge is -2.32. The van der Waals surface area contributed by atoms with E-state index in [4.69, 9.17) is 0 Å². The summed E-state index contributed by atoms with van der Waals surface area (Å²) in [6.45, 7) is 1.17. The van der Waals surface area contributed by atoms with Crippen molar-refractivity contribution in [2.75, 3.05) is 13.1 Å². The number of hydrogen-bond acceptors (Lipinski definition) is 5. The van der Waals surface area contributed by atoms with Gasteiger partial charge in [-0.05, 0) is 49.2 Å². The Balaban J connectivity index is 1.35. The molecular weight excluding hydrogens is 390 g/mol. The number of likely N-dealkylation sites (tertiary alicyclic amines) is 1. The molecule has 0 aliphatic carbocycles. The van der Waals surface area contributed by atoms with Crippen LogP contribution in [0.2, 0.25) is 0 Å². The minimum absolute atomic E-state index is 0.0352. The molecule has 0 bridgehead atoms. The molecule has 7 nitrogen and oxygen atoms in total. The van der Waals surface area contributed by atoms with Gasteiger partial charge in [0.2, 0.25) is 0 Å². The van der Waals surface area contributed by atoms with E-state index in [0.717, 1.165) is 5.56 Å². The molecule has 0 unspecified atom stereocenters. The maximum absolute atomic E-state index is 12.9.